The van der Waals surface area contributed by atoms with Gasteiger partial charge in [0.2, 0.25) is 0 Å². The Labute approximate surface area is 86.9 Å². The van der Waals surface area contributed by atoms with Crippen LogP contribution in [0.25, 0.3) is 0 Å². The van der Waals surface area contributed by atoms with Crippen molar-refractivity contribution in [1.29, 1.82) is 0 Å². The van der Waals surface area contributed by atoms with Crippen molar-refractivity contribution in [1.82, 2.24) is 0 Å². The predicted molar refractivity (Wildman–Crippen MR) is 61.1 cm³/mol. The summed E-state index contributed by atoms with van der Waals surface area (Å²) in [7, 11) is 0. The normalized spacial score (nSPS) is 10.9. The molecular weight excluding hydrogens is 180 g/mol. The molecule has 0 unspecified atom stereocenters. The topological polar surface area (TPSA) is 17.1 Å². The van der Waals surface area contributed by atoms with Crippen LogP contribution in [0, 0.1) is 11.8 Å². The van der Waals surface area contributed by atoms with Crippen molar-refractivity contribution in [3.8, 4) is 0 Å². The number of carbonyl (C=O) groups excluding carboxylic acids is 1. The number of Topliss-reactive ketones (excluding diaryl/α,β-unsaturated/α-hetero) is 1. The Bertz CT molecular complexity index is 163. The van der Waals surface area contributed by atoms with E-state index in [0.717, 1.165) is 11.3 Å². The third-order valence-corrected chi connectivity index (χ3v) is 1.98. The summed E-state index contributed by atoms with van der Waals surface area (Å²) in [5, 5.41) is 0. The van der Waals surface area contributed by atoms with Gasteiger partial charge in [0.15, 0.2) is 0 Å². The largest absolute Gasteiger partial charge is 0.299 e. The molecule has 2 heteroatoms. The van der Waals surface area contributed by atoms with Crippen LogP contribution in [-0.4, -0.2) is 10.6 Å². The first kappa shape index (κ1) is 12.8. The van der Waals surface area contributed by atoms with E-state index in [-0.39, 0.29) is 0 Å². The van der Waals surface area contributed by atoms with Crippen LogP contribution in [0.1, 0.15) is 47.0 Å². The van der Waals surface area contributed by atoms with Crippen molar-refractivity contribution in [3.05, 3.63) is 0 Å². The average molecular weight is 200 g/mol. The summed E-state index contributed by atoms with van der Waals surface area (Å²) in [4.78, 5) is 12.3. The summed E-state index contributed by atoms with van der Waals surface area (Å²) in [6, 6.07) is 0. The van der Waals surface area contributed by atoms with Crippen LogP contribution < -0.4 is 0 Å². The maximum Gasteiger partial charge on any atom is 0.138 e. The Morgan fingerprint density at radius 3 is 1.92 bits per heavy atom. The number of hydrogen-bond donors (Lipinski definition) is 0. The fraction of sp³-hybridized carbons (Fsp3) is 0.818. The van der Waals surface area contributed by atoms with Crippen LogP contribution >= 0.6 is 12.2 Å². The number of thiocarbonyl (C=S) groups is 1. The summed E-state index contributed by atoms with van der Waals surface area (Å²) >= 11 is 5.14. The zero-order valence-electron chi connectivity index (χ0n) is 9.09. The van der Waals surface area contributed by atoms with Gasteiger partial charge in [-0.3, -0.25) is 4.79 Å². The number of carbonyl (C=O) groups is 1. The predicted octanol–water partition coefficient (Wildman–Crippen LogP) is 3.41. The minimum Gasteiger partial charge on any atom is -0.299 e. The second-order valence-electron chi connectivity index (χ2n) is 4.45. The maximum absolute atomic E-state index is 11.4. The van der Waals surface area contributed by atoms with E-state index in [1.165, 1.54) is 0 Å². The lowest BCUT2D eigenvalue weighted by molar-refractivity contribution is -0.118. The molecule has 0 atom stereocenters. The fourth-order valence-electron chi connectivity index (χ4n) is 1.27. The first-order valence-corrected chi connectivity index (χ1v) is 5.36. The Hall–Kier alpha value is -0.240. The van der Waals surface area contributed by atoms with Gasteiger partial charge in [-0.15, -0.1) is 0 Å². The molecule has 0 spiro atoms. The molecule has 0 radical (unpaired) electrons. The molecule has 0 N–H and O–H groups in total. The van der Waals surface area contributed by atoms with E-state index in [2.05, 4.69) is 27.7 Å². The molecule has 0 fully saturated rings. The van der Waals surface area contributed by atoms with Crippen LogP contribution in [-0.2, 0) is 4.79 Å². The highest BCUT2D eigenvalue weighted by atomic mass is 32.1. The van der Waals surface area contributed by atoms with E-state index >= 15 is 0 Å². The first-order valence-electron chi connectivity index (χ1n) is 4.95. The van der Waals surface area contributed by atoms with E-state index in [1.807, 2.05) is 0 Å². The molecule has 0 bridgehead atoms. The smallest absolute Gasteiger partial charge is 0.138 e. The second-order valence-corrected chi connectivity index (χ2v) is 5.03. The lowest BCUT2D eigenvalue weighted by atomic mass is 10.00. The SMILES string of the molecule is CC(C)CC(=O)CC(=S)CC(C)C. The lowest BCUT2D eigenvalue weighted by Crippen LogP contribution is -2.10. The highest BCUT2D eigenvalue weighted by Crippen LogP contribution is 2.08. The third kappa shape index (κ3) is 8.10. The first-order chi connectivity index (χ1) is 5.91. The van der Waals surface area contributed by atoms with Gasteiger partial charge in [-0.25, -0.2) is 0 Å². The summed E-state index contributed by atoms with van der Waals surface area (Å²) in [6.45, 7) is 8.37. The van der Waals surface area contributed by atoms with Gasteiger partial charge in [0, 0.05) is 17.7 Å². The minimum atomic E-state index is 0.292. The van der Waals surface area contributed by atoms with E-state index in [0.29, 0.717) is 30.5 Å². The molecule has 0 aromatic rings. The van der Waals surface area contributed by atoms with Crippen LogP contribution in [0.5, 0.6) is 0 Å². The molecule has 1 nitrogen and oxygen atoms in total. The third-order valence-electron chi connectivity index (χ3n) is 1.67. The number of hydrogen-bond acceptors (Lipinski definition) is 2. The van der Waals surface area contributed by atoms with Crippen LogP contribution in [0.15, 0.2) is 0 Å². The molecule has 0 aliphatic rings. The maximum atomic E-state index is 11.4. The highest BCUT2D eigenvalue weighted by Gasteiger charge is 2.09. The molecule has 76 valence electrons. The Balaban J connectivity index is 3.72. The highest BCUT2D eigenvalue weighted by molar-refractivity contribution is 7.80. The van der Waals surface area contributed by atoms with E-state index in [9.17, 15) is 4.79 Å². The lowest BCUT2D eigenvalue weighted by Gasteiger charge is -2.07. The van der Waals surface area contributed by atoms with Crippen molar-refractivity contribution in [2.75, 3.05) is 0 Å². The van der Waals surface area contributed by atoms with Crippen LogP contribution in [0.2, 0.25) is 0 Å². The molecule has 0 rings (SSSR count). The number of rotatable bonds is 6. The zero-order valence-corrected chi connectivity index (χ0v) is 9.91. The zero-order chi connectivity index (χ0) is 10.4. The average Bonchev–Trinajstić information content (AvgIpc) is 1.80. The molecule has 0 heterocycles. The molecule has 0 amide bonds. The Morgan fingerprint density at radius 2 is 1.54 bits per heavy atom. The molecule has 0 saturated carbocycles. The molecule has 0 saturated heterocycles. The fourth-order valence-corrected chi connectivity index (χ4v) is 1.77. The molecular formula is C11H20OS. The van der Waals surface area contributed by atoms with Crippen LogP contribution in [0.4, 0.5) is 0 Å². The van der Waals surface area contributed by atoms with Crippen molar-refractivity contribution in [2.45, 2.75) is 47.0 Å². The summed E-state index contributed by atoms with van der Waals surface area (Å²) in [5.41, 5.74) is 0. The van der Waals surface area contributed by atoms with Gasteiger partial charge >= 0.3 is 0 Å². The molecule has 0 aliphatic carbocycles. The van der Waals surface area contributed by atoms with E-state index in [1.54, 1.807) is 0 Å². The Kier molecular flexibility index (Phi) is 6.13. The van der Waals surface area contributed by atoms with Crippen molar-refractivity contribution >= 4 is 22.9 Å². The molecule has 0 aliphatic heterocycles. The number of ketones is 1. The van der Waals surface area contributed by atoms with E-state index in [4.69, 9.17) is 12.2 Å². The van der Waals surface area contributed by atoms with Gasteiger partial charge in [0.25, 0.3) is 0 Å². The van der Waals surface area contributed by atoms with Crippen molar-refractivity contribution in [3.63, 3.8) is 0 Å². The Morgan fingerprint density at radius 1 is 1.08 bits per heavy atom. The standard InChI is InChI=1S/C11H20OS/c1-8(2)5-10(12)7-11(13)6-9(3)4/h8-9H,5-7H2,1-4H3. The van der Waals surface area contributed by atoms with Gasteiger partial charge in [-0.1, -0.05) is 39.9 Å². The van der Waals surface area contributed by atoms with E-state index < -0.39 is 0 Å². The molecule has 0 aromatic carbocycles. The van der Waals surface area contributed by atoms with Crippen LogP contribution in [0.3, 0.4) is 0 Å². The summed E-state index contributed by atoms with van der Waals surface area (Å²) in [5.74, 6) is 1.31. The minimum absolute atomic E-state index is 0.292. The van der Waals surface area contributed by atoms with Gasteiger partial charge in [0.05, 0.1) is 0 Å². The monoisotopic (exact) mass is 200 g/mol. The van der Waals surface area contributed by atoms with Crippen molar-refractivity contribution < 1.29 is 4.79 Å². The van der Waals surface area contributed by atoms with Gasteiger partial charge in [-0.05, 0) is 18.3 Å². The van der Waals surface area contributed by atoms with Crippen molar-refractivity contribution in [2.24, 2.45) is 11.8 Å². The molecule has 13 heavy (non-hydrogen) atoms. The quantitative estimate of drug-likeness (QED) is 0.611. The second kappa shape index (κ2) is 6.25. The molecule has 0 aromatic heterocycles. The van der Waals surface area contributed by atoms with Gasteiger partial charge in [-0.2, -0.15) is 0 Å². The van der Waals surface area contributed by atoms with Gasteiger partial charge in [0.1, 0.15) is 5.78 Å². The van der Waals surface area contributed by atoms with Gasteiger partial charge < -0.3 is 0 Å². The summed E-state index contributed by atoms with van der Waals surface area (Å²) in [6.07, 6.45) is 2.07. The summed E-state index contributed by atoms with van der Waals surface area (Å²) < 4.78 is 0.